The predicted molar refractivity (Wildman–Crippen MR) is 130 cm³/mol. The number of hydrogen-bond donors (Lipinski definition) is 2. The van der Waals surface area contributed by atoms with E-state index in [0.717, 1.165) is 31.4 Å². The Labute approximate surface area is 215 Å². The van der Waals surface area contributed by atoms with Crippen molar-refractivity contribution >= 4 is 23.7 Å². The summed E-state index contributed by atoms with van der Waals surface area (Å²) in [6.07, 6.45) is 8.64. The lowest BCUT2D eigenvalue weighted by Crippen LogP contribution is -2.71. The zero-order valence-corrected chi connectivity index (χ0v) is 20.6. The van der Waals surface area contributed by atoms with E-state index in [-0.39, 0.29) is 31.5 Å². The van der Waals surface area contributed by atoms with Gasteiger partial charge in [0.05, 0.1) is 24.2 Å². The molecule has 1 aromatic heterocycles. The molecule has 3 aliphatic rings. The van der Waals surface area contributed by atoms with Crippen LogP contribution in [-0.2, 0) is 23.9 Å². The second-order valence-electron chi connectivity index (χ2n) is 9.63. The molecule has 3 heterocycles. The average Bonchev–Trinajstić information content (AvgIpc) is 3.27. The first-order valence-corrected chi connectivity index (χ1v) is 12.6. The Hall–Kier alpha value is -3.96. The number of carbonyl (C=O) groups excluding carboxylic acids is 3. The van der Waals surface area contributed by atoms with E-state index in [1.807, 2.05) is 11.0 Å². The summed E-state index contributed by atoms with van der Waals surface area (Å²) in [5.74, 6) is -3.13. The molecule has 0 bridgehead atoms. The van der Waals surface area contributed by atoms with E-state index >= 15 is 0 Å². The van der Waals surface area contributed by atoms with E-state index in [0.29, 0.717) is 43.6 Å². The molecule has 4 rings (SSSR count). The van der Waals surface area contributed by atoms with E-state index in [1.54, 1.807) is 12.1 Å². The molecular weight excluding hydrogens is 476 g/mol. The molecule has 1 saturated carbocycles. The molecule has 2 atom stereocenters. The van der Waals surface area contributed by atoms with Crippen molar-refractivity contribution in [3.05, 3.63) is 36.0 Å². The zero-order chi connectivity index (χ0) is 26.3. The monoisotopic (exact) mass is 506 g/mol. The highest BCUT2D eigenvalue weighted by Crippen LogP contribution is 2.41. The van der Waals surface area contributed by atoms with Gasteiger partial charge in [-0.2, -0.15) is 10.5 Å². The summed E-state index contributed by atoms with van der Waals surface area (Å²) < 4.78 is 11.7. The van der Waals surface area contributed by atoms with Crippen LogP contribution in [0.4, 0.5) is 5.82 Å². The number of nitrogens with zero attached hydrogens (tertiary/aromatic N) is 4. The average molecular weight is 507 g/mol. The van der Waals surface area contributed by atoms with Crippen LogP contribution in [-0.4, -0.2) is 64.7 Å². The minimum Gasteiger partial charge on any atom is -0.417 e. The summed E-state index contributed by atoms with van der Waals surface area (Å²) in [6, 6.07) is 7.16. The zero-order valence-electron chi connectivity index (χ0n) is 20.6. The molecule has 11 heteroatoms. The fourth-order valence-corrected chi connectivity index (χ4v) is 5.30. The molecule has 1 unspecified atom stereocenters. The predicted octanol–water partition coefficient (Wildman–Crippen LogP) is 1.91. The van der Waals surface area contributed by atoms with Crippen LogP contribution in [0.5, 0.6) is 0 Å². The number of nitrogens with one attached hydrogen (secondary N) is 2. The Morgan fingerprint density at radius 2 is 1.81 bits per heavy atom. The molecule has 1 spiro atoms. The van der Waals surface area contributed by atoms with Gasteiger partial charge in [-0.1, -0.05) is 19.3 Å². The maximum Gasteiger partial charge on any atom is 0.334 e. The molecule has 37 heavy (non-hydrogen) atoms. The fourth-order valence-electron chi connectivity index (χ4n) is 5.30. The smallest absolute Gasteiger partial charge is 0.334 e. The number of pyridine rings is 1. The molecule has 1 aromatic rings. The number of ether oxygens (including phenoxy) is 2. The highest BCUT2D eigenvalue weighted by Gasteiger charge is 2.59. The van der Waals surface area contributed by atoms with Gasteiger partial charge in [-0.25, -0.2) is 14.6 Å². The Kier molecular flexibility index (Phi) is 8.04. The standard InChI is InChI=1S/C26H30N6O5/c27-14-19-7-8-21(29-16-19)30-18-25(31-22(33)17-32-13-5-6-20(32)15-28)11-3-1-2-4-12-26(25)36-23(34)9-10-24(35)37-26/h7-10,16,20H,1-6,11-13,17-18H2,(H,29,30)(H,31,33)/t20-,25?/m0/s1. The van der Waals surface area contributed by atoms with Crippen molar-refractivity contribution in [2.45, 2.75) is 68.7 Å². The summed E-state index contributed by atoms with van der Waals surface area (Å²) in [5.41, 5.74) is -0.925. The Balaban J connectivity index is 1.69. The van der Waals surface area contributed by atoms with Crippen LogP contribution in [0.3, 0.4) is 0 Å². The Bertz CT molecular complexity index is 1120. The van der Waals surface area contributed by atoms with Gasteiger partial charge in [0.15, 0.2) is 0 Å². The van der Waals surface area contributed by atoms with E-state index in [4.69, 9.17) is 14.7 Å². The first kappa shape index (κ1) is 26.1. The number of carbonyl (C=O) groups is 3. The van der Waals surface area contributed by atoms with E-state index < -0.39 is 23.3 Å². The maximum absolute atomic E-state index is 13.5. The molecule has 2 aliphatic heterocycles. The van der Waals surface area contributed by atoms with Crippen molar-refractivity contribution in [1.29, 1.82) is 10.5 Å². The van der Waals surface area contributed by atoms with E-state index in [1.165, 1.54) is 6.20 Å². The number of esters is 2. The van der Waals surface area contributed by atoms with Gasteiger partial charge >= 0.3 is 11.9 Å². The third-order valence-corrected chi connectivity index (χ3v) is 7.18. The summed E-state index contributed by atoms with van der Waals surface area (Å²) in [5, 5.41) is 24.8. The summed E-state index contributed by atoms with van der Waals surface area (Å²) >= 11 is 0. The van der Waals surface area contributed by atoms with Gasteiger partial charge in [0.1, 0.15) is 17.4 Å². The van der Waals surface area contributed by atoms with Gasteiger partial charge in [0.25, 0.3) is 5.79 Å². The second-order valence-corrected chi connectivity index (χ2v) is 9.63. The van der Waals surface area contributed by atoms with Gasteiger partial charge in [0.2, 0.25) is 5.91 Å². The minimum atomic E-state index is -1.75. The van der Waals surface area contributed by atoms with Crippen molar-refractivity contribution in [3.63, 3.8) is 0 Å². The Morgan fingerprint density at radius 1 is 1.08 bits per heavy atom. The van der Waals surface area contributed by atoms with Crippen LogP contribution in [0.15, 0.2) is 30.5 Å². The topological polar surface area (TPSA) is 157 Å². The quantitative estimate of drug-likeness (QED) is 0.546. The van der Waals surface area contributed by atoms with Crippen LogP contribution in [0.1, 0.15) is 56.9 Å². The molecule has 194 valence electrons. The van der Waals surface area contributed by atoms with Crippen LogP contribution in [0, 0.1) is 22.7 Å². The Morgan fingerprint density at radius 3 is 2.46 bits per heavy atom. The third kappa shape index (κ3) is 5.89. The van der Waals surface area contributed by atoms with Gasteiger partial charge in [0, 0.05) is 37.9 Å². The number of likely N-dealkylation sites (tertiary alicyclic amines) is 1. The lowest BCUT2D eigenvalue weighted by Gasteiger charge is -2.49. The molecule has 1 amide bonds. The molecular formula is C26H30N6O5. The highest BCUT2D eigenvalue weighted by atomic mass is 16.7. The van der Waals surface area contributed by atoms with E-state index in [2.05, 4.69) is 21.7 Å². The van der Waals surface area contributed by atoms with Crippen molar-refractivity contribution in [1.82, 2.24) is 15.2 Å². The number of amides is 1. The van der Waals surface area contributed by atoms with Gasteiger partial charge in [-0.05, 0) is 37.8 Å². The molecule has 2 fully saturated rings. The fraction of sp³-hybridized carbons (Fsp3) is 0.538. The SMILES string of the molecule is N#Cc1ccc(NCC2(NC(=O)CN3CCC[C@H]3C#N)CCCCCCC23OC(=O)C=CC(=O)O3)nc1. The number of anilines is 1. The van der Waals surface area contributed by atoms with Gasteiger partial charge in [-0.15, -0.1) is 0 Å². The molecule has 2 N–H and O–H groups in total. The molecule has 0 aromatic carbocycles. The largest absolute Gasteiger partial charge is 0.417 e. The first-order chi connectivity index (χ1) is 17.9. The molecule has 0 radical (unpaired) electrons. The van der Waals surface area contributed by atoms with Crippen LogP contribution in [0.2, 0.25) is 0 Å². The van der Waals surface area contributed by atoms with Crippen molar-refractivity contribution in [2.75, 3.05) is 25.0 Å². The summed E-state index contributed by atoms with van der Waals surface area (Å²) in [7, 11) is 0. The second kappa shape index (κ2) is 11.4. The van der Waals surface area contributed by atoms with Crippen LogP contribution < -0.4 is 10.6 Å². The third-order valence-electron chi connectivity index (χ3n) is 7.18. The van der Waals surface area contributed by atoms with Crippen LogP contribution >= 0.6 is 0 Å². The van der Waals surface area contributed by atoms with Crippen molar-refractivity contribution in [2.24, 2.45) is 0 Å². The minimum absolute atomic E-state index is 0.00862. The van der Waals surface area contributed by atoms with Gasteiger partial charge < -0.3 is 20.1 Å². The van der Waals surface area contributed by atoms with Crippen molar-refractivity contribution in [3.8, 4) is 12.1 Å². The normalized spacial score (nSPS) is 25.5. The lowest BCUT2D eigenvalue weighted by atomic mass is 9.77. The lowest BCUT2D eigenvalue weighted by molar-refractivity contribution is -0.255. The summed E-state index contributed by atoms with van der Waals surface area (Å²) in [4.78, 5) is 44.8. The van der Waals surface area contributed by atoms with Crippen molar-refractivity contribution < 1.29 is 23.9 Å². The maximum atomic E-state index is 13.5. The number of hydrogen-bond acceptors (Lipinski definition) is 10. The number of rotatable bonds is 6. The van der Waals surface area contributed by atoms with Gasteiger partial charge in [-0.3, -0.25) is 9.69 Å². The molecule has 1 aliphatic carbocycles. The van der Waals surface area contributed by atoms with Crippen LogP contribution in [0.25, 0.3) is 0 Å². The number of aromatic nitrogens is 1. The molecule has 1 saturated heterocycles. The highest BCUT2D eigenvalue weighted by molar-refractivity contribution is 5.93. The van der Waals surface area contributed by atoms with E-state index in [9.17, 15) is 19.6 Å². The summed E-state index contributed by atoms with van der Waals surface area (Å²) in [6.45, 7) is 0.663. The number of nitriles is 2. The molecule has 11 nitrogen and oxygen atoms in total. The first-order valence-electron chi connectivity index (χ1n) is 12.6.